The second-order valence-electron chi connectivity index (χ2n) is 5.42. The smallest absolute Gasteiger partial charge is 0.341 e. The normalized spacial score (nSPS) is 10.8. The summed E-state index contributed by atoms with van der Waals surface area (Å²) in [7, 11) is 0. The number of carboxylic acids is 1. The lowest BCUT2D eigenvalue weighted by atomic mass is 10.1. The number of hydrogen-bond donors (Lipinski definition) is 1. The molecule has 0 aliphatic carbocycles. The third-order valence-electron chi connectivity index (χ3n) is 2.69. The lowest BCUT2D eigenvalue weighted by molar-refractivity contribution is -0.305. The third kappa shape index (κ3) is 5.48. The van der Waals surface area contributed by atoms with Gasteiger partial charge in [-0.1, -0.05) is 13.8 Å². The SMILES string of the molecule is CC(C)OC(=O)c1cc(C(C)C)sc1NC(=O)CCC(=O)[O-]. The summed E-state index contributed by atoms with van der Waals surface area (Å²) >= 11 is 1.29. The van der Waals surface area contributed by atoms with Crippen molar-refractivity contribution in [3.8, 4) is 0 Å². The molecule has 0 unspecified atom stereocenters. The minimum atomic E-state index is -1.29. The zero-order chi connectivity index (χ0) is 16.9. The average Bonchev–Trinajstić information content (AvgIpc) is 2.79. The van der Waals surface area contributed by atoms with E-state index in [9.17, 15) is 19.5 Å². The van der Waals surface area contributed by atoms with Crippen LogP contribution in [0.2, 0.25) is 0 Å². The number of thiophene rings is 1. The number of nitrogens with one attached hydrogen (secondary N) is 1. The van der Waals surface area contributed by atoms with Crippen molar-refractivity contribution in [1.82, 2.24) is 0 Å². The topological polar surface area (TPSA) is 95.5 Å². The minimum Gasteiger partial charge on any atom is -0.550 e. The number of esters is 1. The quantitative estimate of drug-likeness (QED) is 0.772. The minimum absolute atomic E-state index is 0.198. The number of ether oxygens (including phenoxy) is 1. The fraction of sp³-hybridized carbons (Fsp3) is 0.533. The van der Waals surface area contributed by atoms with E-state index in [-0.39, 0.29) is 24.9 Å². The van der Waals surface area contributed by atoms with Crippen LogP contribution in [0.3, 0.4) is 0 Å². The van der Waals surface area contributed by atoms with Crippen molar-refractivity contribution in [2.45, 2.75) is 52.6 Å². The Balaban J connectivity index is 2.93. The van der Waals surface area contributed by atoms with Crippen LogP contribution in [-0.2, 0) is 14.3 Å². The first-order chi connectivity index (χ1) is 10.2. The standard InChI is InChI=1S/C15H21NO5S/c1-8(2)11-7-10(15(20)21-9(3)4)14(22-11)16-12(17)5-6-13(18)19/h7-9H,5-6H2,1-4H3,(H,16,17)(H,18,19)/p-1. The van der Waals surface area contributed by atoms with Gasteiger partial charge in [-0.2, -0.15) is 0 Å². The molecule has 0 atom stereocenters. The van der Waals surface area contributed by atoms with Crippen LogP contribution >= 0.6 is 11.3 Å². The van der Waals surface area contributed by atoms with Crippen molar-refractivity contribution in [3.63, 3.8) is 0 Å². The van der Waals surface area contributed by atoms with Gasteiger partial charge in [0.2, 0.25) is 5.91 Å². The fourth-order valence-corrected chi connectivity index (χ4v) is 2.69. The molecule has 1 heterocycles. The zero-order valence-electron chi connectivity index (χ0n) is 13.1. The highest BCUT2D eigenvalue weighted by Gasteiger charge is 2.21. The molecule has 1 rings (SSSR count). The number of carbonyl (C=O) groups excluding carboxylic acids is 3. The van der Waals surface area contributed by atoms with Gasteiger partial charge >= 0.3 is 5.97 Å². The van der Waals surface area contributed by atoms with Crippen LogP contribution in [0.5, 0.6) is 0 Å². The maximum atomic E-state index is 12.1. The molecule has 1 N–H and O–H groups in total. The predicted molar refractivity (Wildman–Crippen MR) is 81.8 cm³/mol. The van der Waals surface area contributed by atoms with Gasteiger partial charge in [0.05, 0.1) is 11.7 Å². The molecule has 22 heavy (non-hydrogen) atoms. The summed E-state index contributed by atoms with van der Waals surface area (Å²) in [6.45, 7) is 7.44. The largest absolute Gasteiger partial charge is 0.550 e. The van der Waals surface area contributed by atoms with Gasteiger partial charge in [-0.05, 0) is 32.3 Å². The molecule has 0 saturated heterocycles. The van der Waals surface area contributed by atoms with E-state index < -0.39 is 17.8 Å². The molecule has 122 valence electrons. The Morgan fingerprint density at radius 3 is 2.36 bits per heavy atom. The highest BCUT2D eigenvalue weighted by molar-refractivity contribution is 7.16. The maximum absolute atomic E-state index is 12.1. The highest BCUT2D eigenvalue weighted by atomic mass is 32.1. The van der Waals surface area contributed by atoms with E-state index in [1.165, 1.54) is 11.3 Å². The van der Waals surface area contributed by atoms with Gasteiger partial charge in [0.15, 0.2) is 0 Å². The molecule has 0 bridgehead atoms. The van der Waals surface area contributed by atoms with Crippen molar-refractivity contribution in [1.29, 1.82) is 0 Å². The van der Waals surface area contributed by atoms with Gasteiger partial charge < -0.3 is 20.0 Å². The van der Waals surface area contributed by atoms with E-state index >= 15 is 0 Å². The van der Waals surface area contributed by atoms with E-state index in [0.717, 1.165) is 4.88 Å². The van der Waals surface area contributed by atoms with E-state index in [2.05, 4.69) is 5.32 Å². The second-order valence-corrected chi connectivity index (χ2v) is 6.50. The highest BCUT2D eigenvalue weighted by Crippen LogP contribution is 2.33. The summed E-state index contributed by atoms with van der Waals surface area (Å²) in [4.78, 5) is 35.2. The van der Waals surface area contributed by atoms with Gasteiger partial charge in [-0.15, -0.1) is 11.3 Å². The number of anilines is 1. The molecule has 1 aromatic heterocycles. The average molecular weight is 326 g/mol. The Kier molecular flexibility index (Phi) is 6.55. The molecule has 0 aliphatic rings. The summed E-state index contributed by atoms with van der Waals surface area (Å²) in [5.74, 6) is -2.07. The second kappa shape index (κ2) is 7.93. The predicted octanol–water partition coefficient (Wildman–Crippen LogP) is 1.91. The van der Waals surface area contributed by atoms with E-state index in [1.807, 2.05) is 13.8 Å². The number of carbonyl (C=O) groups is 3. The molecule has 7 heteroatoms. The maximum Gasteiger partial charge on any atom is 0.341 e. The number of aliphatic carboxylic acids is 1. The van der Waals surface area contributed by atoms with Crippen LogP contribution in [0.15, 0.2) is 6.07 Å². The summed E-state index contributed by atoms with van der Waals surface area (Å²) in [6, 6.07) is 1.70. The molecule has 0 radical (unpaired) electrons. The lowest BCUT2D eigenvalue weighted by Crippen LogP contribution is -2.24. The fourth-order valence-electron chi connectivity index (χ4n) is 1.62. The summed E-state index contributed by atoms with van der Waals surface area (Å²) in [5, 5.41) is 13.4. The zero-order valence-corrected chi connectivity index (χ0v) is 13.9. The molecule has 1 aromatic rings. The molecular formula is C15H20NO5S-. The van der Waals surface area contributed by atoms with E-state index in [4.69, 9.17) is 4.74 Å². The Hall–Kier alpha value is -1.89. The van der Waals surface area contributed by atoms with Crippen LogP contribution in [0.4, 0.5) is 5.00 Å². The summed E-state index contributed by atoms with van der Waals surface area (Å²) in [6.07, 6.45) is -0.827. The molecule has 0 aromatic carbocycles. The van der Waals surface area contributed by atoms with Crippen molar-refractivity contribution in [3.05, 3.63) is 16.5 Å². The Bertz CT molecular complexity index is 562. The van der Waals surface area contributed by atoms with Crippen LogP contribution < -0.4 is 10.4 Å². The summed E-state index contributed by atoms with van der Waals surface area (Å²) in [5.41, 5.74) is 0.296. The molecule has 0 saturated carbocycles. The number of hydrogen-bond acceptors (Lipinski definition) is 6. The van der Waals surface area contributed by atoms with Crippen LogP contribution in [0.1, 0.15) is 61.7 Å². The van der Waals surface area contributed by atoms with Crippen molar-refractivity contribution in [2.75, 3.05) is 5.32 Å². The first-order valence-electron chi connectivity index (χ1n) is 7.05. The Morgan fingerprint density at radius 1 is 1.23 bits per heavy atom. The molecule has 0 aliphatic heterocycles. The first-order valence-corrected chi connectivity index (χ1v) is 7.86. The lowest BCUT2D eigenvalue weighted by Gasteiger charge is -2.09. The van der Waals surface area contributed by atoms with E-state index in [1.54, 1.807) is 19.9 Å². The Morgan fingerprint density at radius 2 is 1.86 bits per heavy atom. The Labute approximate surface area is 133 Å². The van der Waals surface area contributed by atoms with Gasteiger partial charge in [-0.25, -0.2) is 4.79 Å². The number of rotatable bonds is 7. The summed E-state index contributed by atoms with van der Waals surface area (Å²) < 4.78 is 5.16. The van der Waals surface area contributed by atoms with Crippen molar-refractivity contribution < 1.29 is 24.2 Å². The molecule has 6 nitrogen and oxygen atoms in total. The van der Waals surface area contributed by atoms with Crippen LogP contribution in [-0.4, -0.2) is 23.9 Å². The van der Waals surface area contributed by atoms with Gasteiger partial charge in [-0.3, -0.25) is 4.79 Å². The van der Waals surface area contributed by atoms with Gasteiger partial charge in [0.1, 0.15) is 5.00 Å². The van der Waals surface area contributed by atoms with Crippen LogP contribution in [0, 0.1) is 0 Å². The van der Waals surface area contributed by atoms with Crippen molar-refractivity contribution >= 4 is 34.2 Å². The molecule has 1 amide bonds. The number of amides is 1. The monoisotopic (exact) mass is 326 g/mol. The van der Waals surface area contributed by atoms with Gasteiger partial charge in [0, 0.05) is 17.3 Å². The molecule has 0 fully saturated rings. The third-order valence-corrected chi connectivity index (χ3v) is 4.04. The molecular weight excluding hydrogens is 306 g/mol. The molecule has 0 spiro atoms. The van der Waals surface area contributed by atoms with Crippen LogP contribution in [0.25, 0.3) is 0 Å². The first kappa shape index (κ1) is 18.2. The number of carboxylic acid groups (broad SMARTS) is 1. The van der Waals surface area contributed by atoms with Crippen molar-refractivity contribution in [2.24, 2.45) is 0 Å². The van der Waals surface area contributed by atoms with E-state index in [0.29, 0.717) is 10.6 Å². The van der Waals surface area contributed by atoms with Gasteiger partial charge in [0.25, 0.3) is 0 Å².